The van der Waals surface area contributed by atoms with Gasteiger partial charge in [-0.1, -0.05) is 6.58 Å². The summed E-state index contributed by atoms with van der Waals surface area (Å²) in [5.74, 6) is -0.156. The number of nitrogens with one attached hydrogen (secondary N) is 2. The molecule has 0 bridgehead atoms. The topological polar surface area (TPSA) is 41.1 Å². The predicted molar refractivity (Wildman–Crippen MR) is 36.9 cm³/mol. The molecule has 0 heterocycles. The third-order valence-corrected chi connectivity index (χ3v) is 0.977. The molecule has 2 N–H and O–H groups in total. The first-order valence-electron chi connectivity index (χ1n) is 2.81. The molecule has 0 saturated heterocycles. The Balaban J connectivity index is 3.46. The summed E-state index contributed by atoms with van der Waals surface area (Å²) in [6.07, 6.45) is 1.25. The zero-order valence-corrected chi connectivity index (χ0v) is 5.77. The van der Waals surface area contributed by atoms with E-state index in [0.717, 1.165) is 0 Å². The van der Waals surface area contributed by atoms with E-state index in [0.29, 0.717) is 0 Å². The molecule has 0 saturated carbocycles. The van der Waals surface area contributed by atoms with E-state index in [4.69, 9.17) is 0 Å². The van der Waals surface area contributed by atoms with Gasteiger partial charge in [0.1, 0.15) is 0 Å². The minimum Gasteiger partial charge on any atom is -0.338 e. The summed E-state index contributed by atoms with van der Waals surface area (Å²) in [6, 6.07) is 0. The average molecular weight is 128 g/mol. The molecule has 0 aliphatic carbocycles. The van der Waals surface area contributed by atoms with Crippen molar-refractivity contribution in [3.8, 4) is 0 Å². The Bertz CT molecular complexity index is 112. The number of carbonyl (C=O) groups excluding carboxylic acids is 1. The van der Waals surface area contributed by atoms with E-state index in [-0.39, 0.29) is 12.1 Å². The van der Waals surface area contributed by atoms with Crippen molar-refractivity contribution in [3.63, 3.8) is 0 Å². The number of hydrogen-bond donors (Lipinski definition) is 2. The van der Waals surface area contributed by atoms with Crippen LogP contribution in [-0.4, -0.2) is 19.1 Å². The van der Waals surface area contributed by atoms with Gasteiger partial charge in [-0.25, -0.2) is 0 Å². The number of hydrogen-bond acceptors (Lipinski definition) is 2. The van der Waals surface area contributed by atoms with Crippen molar-refractivity contribution in [3.05, 3.63) is 12.7 Å². The van der Waals surface area contributed by atoms with Crippen molar-refractivity contribution < 1.29 is 4.79 Å². The zero-order valence-electron chi connectivity index (χ0n) is 5.77. The van der Waals surface area contributed by atoms with E-state index in [1.165, 1.54) is 6.08 Å². The monoisotopic (exact) mass is 128 g/mol. The largest absolute Gasteiger partial charge is 0.338 e. The van der Waals surface area contributed by atoms with Gasteiger partial charge in [0.15, 0.2) is 0 Å². The second-order valence-electron chi connectivity index (χ2n) is 1.72. The Kier molecular flexibility index (Phi) is 3.71. The summed E-state index contributed by atoms with van der Waals surface area (Å²) in [6.45, 7) is 5.16. The van der Waals surface area contributed by atoms with Crippen LogP contribution in [0.1, 0.15) is 6.92 Å². The van der Waals surface area contributed by atoms with Crippen molar-refractivity contribution in [2.75, 3.05) is 7.05 Å². The van der Waals surface area contributed by atoms with Gasteiger partial charge in [0, 0.05) is 0 Å². The van der Waals surface area contributed by atoms with Crippen molar-refractivity contribution in [1.82, 2.24) is 10.6 Å². The Morgan fingerprint density at radius 3 is 2.67 bits per heavy atom. The first-order valence-corrected chi connectivity index (χ1v) is 2.81. The summed E-state index contributed by atoms with van der Waals surface area (Å²) < 4.78 is 0. The van der Waals surface area contributed by atoms with Gasteiger partial charge in [0.25, 0.3) is 0 Å². The van der Waals surface area contributed by atoms with Gasteiger partial charge in [-0.05, 0) is 20.0 Å². The summed E-state index contributed by atoms with van der Waals surface area (Å²) >= 11 is 0. The summed E-state index contributed by atoms with van der Waals surface area (Å²) in [4.78, 5) is 10.5. The average Bonchev–Trinajstić information content (AvgIpc) is 1.87. The molecule has 1 unspecified atom stereocenters. The standard InChI is InChI=1S/C6H12N2O/c1-4-6(9)8-5(2)7-3/h4-5,7H,1H2,2-3H3,(H,8,9). The molecule has 0 spiro atoms. The zero-order chi connectivity index (χ0) is 7.28. The third kappa shape index (κ3) is 3.73. The number of amides is 1. The van der Waals surface area contributed by atoms with Crippen LogP contribution in [0.2, 0.25) is 0 Å². The minimum atomic E-state index is -0.156. The highest BCUT2D eigenvalue weighted by Crippen LogP contribution is 1.72. The third-order valence-electron chi connectivity index (χ3n) is 0.977. The first-order chi connectivity index (χ1) is 4.20. The lowest BCUT2D eigenvalue weighted by molar-refractivity contribution is -0.117. The molecule has 0 aliphatic heterocycles. The van der Waals surface area contributed by atoms with Gasteiger partial charge in [-0.2, -0.15) is 0 Å². The normalized spacial score (nSPS) is 12.2. The van der Waals surface area contributed by atoms with Crippen LogP contribution in [0.5, 0.6) is 0 Å². The first kappa shape index (κ1) is 8.17. The lowest BCUT2D eigenvalue weighted by atomic mass is 10.5. The molecule has 0 fully saturated rings. The van der Waals surface area contributed by atoms with E-state index < -0.39 is 0 Å². The lowest BCUT2D eigenvalue weighted by Gasteiger charge is -2.09. The van der Waals surface area contributed by atoms with Gasteiger partial charge >= 0.3 is 0 Å². The molecule has 3 nitrogen and oxygen atoms in total. The summed E-state index contributed by atoms with van der Waals surface area (Å²) in [7, 11) is 1.77. The Hall–Kier alpha value is -0.830. The molecule has 52 valence electrons. The molecule has 0 rings (SSSR count). The maximum atomic E-state index is 10.5. The molecule has 0 radical (unpaired) electrons. The Labute approximate surface area is 55.1 Å². The van der Waals surface area contributed by atoms with Gasteiger partial charge in [0.2, 0.25) is 5.91 Å². The van der Waals surface area contributed by atoms with Crippen molar-refractivity contribution in [2.24, 2.45) is 0 Å². The van der Waals surface area contributed by atoms with E-state index >= 15 is 0 Å². The second kappa shape index (κ2) is 4.09. The number of carbonyl (C=O) groups is 1. The van der Waals surface area contributed by atoms with Crippen LogP contribution in [0.25, 0.3) is 0 Å². The minimum absolute atomic E-state index is 0.00972. The van der Waals surface area contributed by atoms with E-state index in [9.17, 15) is 4.79 Å². The highest BCUT2D eigenvalue weighted by Gasteiger charge is 1.97. The van der Waals surface area contributed by atoms with Crippen LogP contribution < -0.4 is 10.6 Å². The highest BCUT2D eigenvalue weighted by atomic mass is 16.1. The van der Waals surface area contributed by atoms with Crippen LogP contribution in [0, 0.1) is 0 Å². The summed E-state index contributed by atoms with van der Waals surface area (Å²) in [5.41, 5.74) is 0. The fraction of sp³-hybridized carbons (Fsp3) is 0.500. The van der Waals surface area contributed by atoms with Gasteiger partial charge in [-0.3, -0.25) is 4.79 Å². The van der Waals surface area contributed by atoms with Crippen molar-refractivity contribution in [1.29, 1.82) is 0 Å². The van der Waals surface area contributed by atoms with Gasteiger partial charge in [-0.15, -0.1) is 0 Å². The van der Waals surface area contributed by atoms with Crippen molar-refractivity contribution >= 4 is 5.91 Å². The second-order valence-corrected chi connectivity index (χ2v) is 1.72. The van der Waals surface area contributed by atoms with Crippen LogP contribution >= 0.6 is 0 Å². The van der Waals surface area contributed by atoms with Crippen LogP contribution in [-0.2, 0) is 4.79 Å². The maximum absolute atomic E-state index is 10.5. The molecule has 0 aromatic heterocycles. The fourth-order valence-corrected chi connectivity index (χ4v) is 0.344. The van der Waals surface area contributed by atoms with Gasteiger partial charge in [0.05, 0.1) is 6.17 Å². The molecule has 1 atom stereocenters. The predicted octanol–water partition coefficient (Wildman–Crippen LogP) is -0.146. The SMILES string of the molecule is C=CC(=O)NC(C)NC. The summed E-state index contributed by atoms with van der Waals surface area (Å²) in [5, 5.41) is 5.46. The molecule has 3 heteroatoms. The van der Waals surface area contributed by atoms with Crippen LogP contribution in [0.3, 0.4) is 0 Å². The molecule has 0 aliphatic rings. The van der Waals surface area contributed by atoms with E-state index in [1.54, 1.807) is 7.05 Å². The number of rotatable bonds is 3. The van der Waals surface area contributed by atoms with E-state index in [2.05, 4.69) is 17.2 Å². The van der Waals surface area contributed by atoms with Crippen LogP contribution in [0.15, 0.2) is 12.7 Å². The van der Waals surface area contributed by atoms with Crippen molar-refractivity contribution in [2.45, 2.75) is 13.1 Å². The van der Waals surface area contributed by atoms with Crippen LogP contribution in [0.4, 0.5) is 0 Å². The quantitative estimate of drug-likeness (QED) is 0.410. The molecule has 9 heavy (non-hydrogen) atoms. The fourth-order valence-electron chi connectivity index (χ4n) is 0.344. The molecule has 0 aromatic carbocycles. The molecule has 0 aromatic rings. The molecular weight excluding hydrogens is 116 g/mol. The Morgan fingerprint density at radius 1 is 1.78 bits per heavy atom. The maximum Gasteiger partial charge on any atom is 0.244 e. The molecular formula is C6H12N2O. The smallest absolute Gasteiger partial charge is 0.244 e. The van der Waals surface area contributed by atoms with E-state index in [1.807, 2.05) is 6.92 Å². The lowest BCUT2D eigenvalue weighted by Crippen LogP contribution is -2.40. The molecule has 1 amide bonds. The van der Waals surface area contributed by atoms with Gasteiger partial charge < -0.3 is 10.6 Å². The Morgan fingerprint density at radius 2 is 2.33 bits per heavy atom. The highest BCUT2D eigenvalue weighted by molar-refractivity contribution is 5.86.